The minimum absolute atomic E-state index is 0. The fourth-order valence-corrected chi connectivity index (χ4v) is 2.90. The zero-order valence-electron chi connectivity index (χ0n) is 14.8. The maximum absolute atomic E-state index is 12.3. The van der Waals surface area contributed by atoms with E-state index in [-0.39, 0.29) is 55.1 Å². The molecular formula is C18H26ClN3O4. The summed E-state index contributed by atoms with van der Waals surface area (Å²) in [5.41, 5.74) is 7.03. The fraction of sp³-hybridized carbons (Fsp3) is 0.500. The average Bonchev–Trinajstić information content (AvgIpc) is 2.62. The summed E-state index contributed by atoms with van der Waals surface area (Å²) in [5.74, 6) is -0.726. The van der Waals surface area contributed by atoms with Gasteiger partial charge < -0.3 is 21.1 Å². The van der Waals surface area contributed by atoms with Gasteiger partial charge >= 0.3 is 5.97 Å². The molecule has 2 rings (SSSR count). The Balaban J connectivity index is 0.00000338. The zero-order chi connectivity index (χ0) is 18.2. The Labute approximate surface area is 159 Å². The largest absolute Gasteiger partial charge is 0.469 e. The van der Waals surface area contributed by atoms with Crippen molar-refractivity contribution in [1.82, 2.24) is 5.32 Å². The molecule has 26 heavy (non-hydrogen) atoms. The first kappa shape index (κ1) is 21.9. The second kappa shape index (κ2) is 10.8. The van der Waals surface area contributed by atoms with Crippen LogP contribution in [0.2, 0.25) is 0 Å². The second-order valence-corrected chi connectivity index (χ2v) is 6.27. The van der Waals surface area contributed by atoms with Crippen molar-refractivity contribution in [3.63, 3.8) is 0 Å². The van der Waals surface area contributed by atoms with E-state index in [1.54, 1.807) is 24.3 Å². The molecule has 0 spiro atoms. The van der Waals surface area contributed by atoms with Gasteiger partial charge in [-0.2, -0.15) is 0 Å². The molecule has 4 N–H and O–H groups in total. The Morgan fingerprint density at radius 1 is 1.19 bits per heavy atom. The van der Waals surface area contributed by atoms with Crippen LogP contribution in [0.1, 0.15) is 42.5 Å². The number of benzene rings is 1. The summed E-state index contributed by atoms with van der Waals surface area (Å²) >= 11 is 0. The van der Waals surface area contributed by atoms with Crippen LogP contribution in [0.5, 0.6) is 0 Å². The van der Waals surface area contributed by atoms with Crippen LogP contribution in [0.15, 0.2) is 24.3 Å². The van der Waals surface area contributed by atoms with Crippen molar-refractivity contribution < 1.29 is 19.1 Å². The number of carbonyl (C=O) groups excluding carboxylic acids is 3. The maximum atomic E-state index is 12.3. The smallest absolute Gasteiger partial charge is 0.307 e. The average molecular weight is 384 g/mol. The molecule has 7 nitrogen and oxygen atoms in total. The Morgan fingerprint density at radius 3 is 2.50 bits per heavy atom. The lowest BCUT2D eigenvalue weighted by Gasteiger charge is -2.25. The summed E-state index contributed by atoms with van der Waals surface area (Å²) in [6, 6.07) is 6.75. The highest BCUT2D eigenvalue weighted by atomic mass is 35.5. The topological polar surface area (TPSA) is 111 Å². The number of rotatable bonds is 6. The number of nitrogens with one attached hydrogen (secondary N) is 2. The van der Waals surface area contributed by atoms with E-state index in [0.717, 1.165) is 19.3 Å². The monoisotopic (exact) mass is 383 g/mol. The van der Waals surface area contributed by atoms with E-state index in [4.69, 9.17) is 5.73 Å². The third-order valence-electron chi connectivity index (χ3n) is 4.34. The van der Waals surface area contributed by atoms with E-state index in [1.165, 1.54) is 7.11 Å². The van der Waals surface area contributed by atoms with Gasteiger partial charge in [0.2, 0.25) is 5.91 Å². The van der Waals surface area contributed by atoms with Crippen molar-refractivity contribution in [1.29, 1.82) is 0 Å². The number of amides is 2. The van der Waals surface area contributed by atoms with E-state index in [9.17, 15) is 14.4 Å². The van der Waals surface area contributed by atoms with Gasteiger partial charge in [-0.25, -0.2) is 0 Å². The van der Waals surface area contributed by atoms with Gasteiger partial charge in [0.25, 0.3) is 5.91 Å². The summed E-state index contributed by atoms with van der Waals surface area (Å²) in [4.78, 5) is 35.2. The van der Waals surface area contributed by atoms with Crippen LogP contribution in [0.3, 0.4) is 0 Å². The molecule has 2 atom stereocenters. The van der Waals surface area contributed by atoms with Crippen molar-refractivity contribution in [2.75, 3.05) is 19.0 Å². The van der Waals surface area contributed by atoms with Crippen molar-refractivity contribution in [3.8, 4) is 0 Å². The number of carbonyl (C=O) groups is 3. The van der Waals surface area contributed by atoms with Crippen LogP contribution in [0.25, 0.3) is 0 Å². The second-order valence-electron chi connectivity index (χ2n) is 6.27. The lowest BCUT2D eigenvalue weighted by atomic mass is 9.85. The number of anilines is 1. The van der Waals surface area contributed by atoms with Crippen molar-refractivity contribution >= 4 is 35.9 Å². The molecule has 0 heterocycles. The normalized spacial score (nSPS) is 19.0. The predicted molar refractivity (Wildman–Crippen MR) is 101 cm³/mol. The van der Waals surface area contributed by atoms with Crippen molar-refractivity contribution in [2.24, 2.45) is 11.7 Å². The molecule has 1 aliphatic rings. The van der Waals surface area contributed by atoms with Crippen LogP contribution in [0.4, 0.5) is 5.69 Å². The molecule has 0 saturated heterocycles. The summed E-state index contributed by atoms with van der Waals surface area (Å²) < 4.78 is 4.51. The third kappa shape index (κ3) is 6.65. The number of methoxy groups -OCH3 is 1. The maximum Gasteiger partial charge on any atom is 0.307 e. The van der Waals surface area contributed by atoms with Crippen LogP contribution < -0.4 is 16.4 Å². The minimum Gasteiger partial charge on any atom is -0.469 e. The first-order chi connectivity index (χ1) is 12.0. The van der Waals surface area contributed by atoms with Crippen molar-refractivity contribution in [2.45, 2.75) is 38.1 Å². The standard InChI is InChI=1S/C18H25N3O4.ClH/c1-25-16(22)9-10-20-17(23)12-5-7-15(8-6-12)21-18(24)13-3-2-4-14(19)11-13;/h5-8,13-14H,2-4,9-11,19H2,1H3,(H,20,23)(H,21,24);1H. The highest BCUT2D eigenvalue weighted by molar-refractivity contribution is 5.96. The molecular weight excluding hydrogens is 358 g/mol. The molecule has 8 heteroatoms. The molecule has 1 aromatic rings. The Kier molecular flexibility index (Phi) is 9.09. The lowest BCUT2D eigenvalue weighted by molar-refractivity contribution is -0.140. The number of nitrogens with two attached hydrogens (primary N) is 1. The van der Waals surface area contributed by atoms with Gasteiger partial charge in [0, 0.05) is 29.8 Å². The molecule has 0 aromatic heterocycles. The number of hydrogen-bond acceptors (Lipinski definition) is 5. The number of halogens is 1. The first-order valence-corrected chi connectivity index (χ1v) is 8.51. The van der Waals surface area contributed by atoms with Gasteiger partial charge in [0.1, 0.15) is 0 Å². The zero-order valence-corrected chi connectivity index (χ0v) is 15.6. The Hall–Kier alpha value is -2.12. The van der Waals surface area contributed by atoms with Crippen molar-refractivity contribution in [3.05, 3.63) is 29.8 Å². The van der Waals surface area contributed by atoms with Gasteiger partial charge in [0.15, 0.2) is 0 Å². The number of esters is 1. The van der Waals surface area contributed by atoms with Gasteiger partial charge in [0.05, 0.1) is 13.5 Å². The third-order valence-corrected chi connectivity index (χ3v) is 4.34. The van der Waals surface area contributed by atoms with Gasteiger partial charge in [-0.05, 0) is 43.5 Å². The van der Waals surface area contributed by atoms with Gasteiger partial charge in [-0.1, -0.05) is 6.42 Å². The van der Waals surface area contributed by atoms with Crippen LogP contribution >= 0.6 is 12.4 Å². The Bertz CT molecular complexity index is 621. The quantitative estimate of drug-likeness (QED) is 0.649. The van der Waals surface area contributed by atoms with Gasteiger partial charge in [-0.15, -0.1) is 12.4 Å². The molecule has 2 amide bonds. The highest BCUT2D eigenvalue weighted by Crippen LogP contribution is 2.24. The van der Waals surface area contributed by atoms with Crippen LogP contribution in [0, 0.1) is 5.92 Å². The van der Waals surface area contributed by atoms with E-state index >= 15 is 0 Å². The molecule has 1 saturated carbocycles. The van der Waals surface area contributed by atoms with E-state index in [0.29, 0.717) is 17.7 Å². The molecule has 1 aromatic carbocycles. The molecule has 0 bridgehead atoms. The molecule has 144 valence electrons. The Morgan fingerprint density at radius 2 is 1.88 bits per heavy atom. The van der Waals surface area contributed by atoms with E-state index < -0.39 is 0 Å². The summed E-state index contributed by atoms with van der Waals surface area (Å²) in [7, 11) is 1.30. The highest BCUT2D eigenvalue weighted by Gasteiger charge is 2.25. The number of ether oxygens (including phenoxy) is 1. The molecule has 1 fully saturated rings. The molecule has 2 unspecified atom stereocenters. The minimum atomic E-state index is -0.374. The first-order valence-electron chi connectivity index (χ1n) is 8.51. The lowest BCUT2D eigenvalue weighted by Crippen LogP contribution is -2.34. The van der Waals surface area contributed by atoms with E-state index in [1.807, 2.05) is 0 Å². The SMILES string of the molecule is COC(=O)CCNC(=O)c1ccc(NC(=O)C2CCCC(N)C2)cc1.Cl. The molecule has 0 radical (unpaired) electrons. The van der Waals surface area contributed by atoms with Gasteiger partial charge in [-0.3, -0.25) is 14.4 Å². The predicted octanol–water partition coefficient (Wildman–Crippen LogP) is 1.86. The summed E-state index contributed by atoms with van der Waals surface area (Å²) in [6.45, 7) is 0.214. The molecule has 1 aliphatic carbocycles. The molecule has 0 aliphatic heterocycles. The summed E-state index contributed by atoms with van der Waals surface area (Å²) in [6.07, 6.45) is 3.65. The fourth-order valence-electron chi connectivity index (χ4n) is 2.90. The summed E-state index contributed by atoms with van der Waals surface area (Å²) in [5, 5.41) is 5.52. The van der Waals surface area contributed by atoms with E-state index in [2.05, 4.69) is 15.4 Å². The van der Waals surface area contributed by atoms with Crippen LogP contribution in [-0.2, 0) is 14.3 Å². The van der Waals surface area contributed by atoms with Crippen LogP contribution in [-0.4, -0.2) is 37.5 Å². The number of hydrogen-bond donors (Lipinski definition) is 3.